The van der Waals surface area contributed by atoms with Gasteiger partial charge in [-0.1, -0.05) is 0 Å². The Morgan fingerprint density at radius 2 is 2.45 bits per heavy atom. The Kier molecular flexibility index (Phi) is 2.02. The van der Waals surface area contributed by atoms with Crippen molar-refractivity contribution < 1.29 is 4.39 Å². The molecule has 1 heterocycles. The Hall–Kier alpha value is -1.63. The van der Waals surface area contributed by atoms with Crippen molar-refractivity contribution in [2.45, 2.75) is 6.42 Å². The molecule has 0 radical (unpaired) electrons. The molecule has 1 aromatic heterocycles. The molecule has 0 spiro atoms. The third kappa shape index (κ3) is 1.44. The molecule has 0 amide bonds. The normalized spacial score (nSPS) is 9.09. The van der Waals surface area contributed by atoms with Crippen LogP contribution in [0.15, 0.2) is 17.1 Å². The minimum Gasteiger partial charge on any atom is -0.338 e. The number of hydrogen-bond acceptors (Lipinski definition) is 2. The van der Waals surface area contributed by atoms with Crippen LogP contribution in [0.4, 0.5) is 4.39 Å². The third-order valence-corrected chi connectivity index (χ3v) is 1.26. The van der Waals surface area contributed by atoms with Crippen LogP contribution in [0, 0.1) is 17.3 Å². The van der Waals surface area contributed by atoms with E-state index in [1.54, 1.807) is 6.07 Å². The minimum atomic E-state index is -0.723. The van der Waals surface area contributed by atoms with Crippen molar-refractivity contribution in [1.29, 1.82) is 5.26 Å². The van der Waals surface area contributed by atoms with Gasteiger partial charge in [0.15, 0.2) is 11.4 Å². The molecule has 0 fully saturated rings. The fourth-order valence-corrected chi connectivity index (χ4v) is 0.730. The van der Waals surface area contributed by atoms with Gasteiger partial charge in [-0.15, -0.1) is 0 Å². The SMILES string of the molecule is N#CCc1c(F)[nH]ccc1=O. The number of pyridine rings is 1. The standard InChI is InChI=1S/C7H5FN2O/c8-7-5(1-3-9)6(11)2-4-10-7/h2,4H,1H2,(H,10,11). The average molecular weight is 152 g/mol. The van der Waals surface area contributed by atoms with Crippen LogP contribution in [0.25, 0.3) is 0 Å². The number of nitrogens with zero attached hydrogens (tertiary/aromatic N) is 1. The van der Waals surface area contributed by atoms with Crippen molar-refractivity contribution in [1.82, 2.24) is 4.98 Å². The molecule has 4 heteroatoms. The van der Waals surface area contributed by atoms with Crippen LogP contribution in [-0.2, 0) is 6.42 Å². The van der Waals surface area contributed by atoms with Gasteiger partial charge in [-0.3, -0.25) is 4.79 Å². The summed E-state index contributed by atoms with van der Waals surface area (Å²) in [6, 6.07) is 2.90. The van der Waals surface area contributed by atoms with E-state index in [-0.39, 0.29) is 12.0 Å². The molecule has 0 unspecified atom stereocenters. The van der Waals surface area contributed by atoms with Crippen molar-refractivity contribution in [3.63, 3.8) is 0 Å². The lowest BCUT2D eigenvalue weighted by molar-refractivity contribution is 0.569. The van der Waals surface area contributed by atoms with Crippen LogP contribution >= 0.6 is 0 Å². The molecule has 11 heavy (non-hydrogen) atoms. The van der Waals surface area contributed by atoms with Gasteiger partial charge in [-0.2, -0.15) is 9.65 Å². The van der Waals surface area contributed by atoms with E-state index in [0.717, 1.165) is 0 Å². The molecule has 0 aliphatic heterocycles. The van der Waals surface area contributed by atoms with E-state index >= 15 is 0 Å². The average Bonchev–Trinajstić information content (AvgIpc) is 1.97. The molecule has 0 aliphatic rings. The van der Waals surface area contributed by atoms with E-state index in [0.29, 0.717) is 0 Å². The van der Waals surface area contributed by atoms with Crippen molar-refractivity contribution in [3.05, 3.63) is 34.0 Å². The first-order valence-electron chi connectivity index (χ1n) is 2.98. The van der Waals surface area contributed by atoms with Gasteiger partial charge in [0.1, 0.15) is 0 Å². The minimum absolute atomic E-state index is 0.102. The Bertz CT molecular complexity index is 350. The summed E-state index contributed by atoms with van der Waals surface area (Å²) < 4.78 is 12.6. The predicted octanol–water partition coefficient (Wildman–Crippen LogP) is 0.580. The second kappa shape index (κ2) is 2.97. The molecule has 1 N–H and O–H groups in total. The highest BCUT2D eigenvalue weighted by Crippen LogP contribution is 1.96. The number of rotatable bonds is 1. The summed E-state index contributed by atoms with van der Waals surface area (Å²) in [7, 11) is 0. The third-order valence-electron chi connectivity index (χ3n) is 1.26. The number of aromatic nitrogens is 1. The largest absolute Gasteiger partial charge is 0.338 e. The lowest BCUT2D eigenvalue weighted by Gasteiger charge is -1.93. The van der Waals surface area contributed by atoms with Crippen LogP contribution in [0.2, 0.25) is 0 Å². The summed E-state index contributed by atoms with van der Waals surface area (Å²) in [5, 5.41) is 8.20. The highest BCUT2D eigenvalue weighted by atomic mass is 19.1. The molecular formula is C7H5FN2O. The summed E-state index contributed by atoms with van der Waals surface area (Å²) >= 11 is 0. The van der Waals surface area contributed by atoms with Gasteiger partial charge < -0.3 is 4.98 Å². The highest BCUT2D eigenvalue weighted by Gasteiger charge is 2.04. The van der Waals surface area contributed by atoms with Crippen LogP contribution in [-0.4, -0.2) is 4.98 Å². The summed E-state index contributed by atoms with van der Waals surface area (Å²) in [5.41, 5.74) is -0.544. The van der Waals surface area contributed by atoms with Gasteiger partial charge in [-0.05, 0) is 0 Å². The zero-order chi connectivity index (χ0) is 8.27. The Morgan fingerprint density at radius 3 is 3.00 bits per heavy atom. The van der Waals surface area contributed by atoms with Gasteiger partial charge in [0.2, 0.25) is 0 Å². The Balaban J connectivity index is 3.24. The molecule has 0 saturated carbocycles. The lowest BCUT2D eigenvalue weighted by atomic mass is 10.2. The van der Waals surface area contributed by atoms with Crippen LogP contribution < -0.4 is 5.43 Å². The maximum absolute atomic E-state index is 12.6. The number of nitriles is 1. The van der Waals surface area contributed by atoms with Gasteiger partial charge >= 0.3 is 0 Å². The molecule has 0 aliphatic carbocycles. The topological polar surface area (TPSA) is 56.6 Å². The Morgan fingerprint density at radius 1 is 1.73 bits per heavy atom. The van der Waals surface area contributed by atoms with Gasteiger partial charge in [0.05, 0.1) is 18.1 Å². The fourth-order valence-electron chi connectivity index (χ4n) is 0.730. The first-order chi connectivity index (χ1) is 5.25. The molecule has 0 aromatic carbocycles. The van der Waals surface area contributed by atoms with Gasteiger partial charge in [0, 0.05) is 12.3 Å². The predicted molar refractivity (Wildman–Crippen MR) is 36.3 cm³/mol. The van der Waals surface area contributed by atoms with Crippen molar-refractivity contribution in [2.75, 3.05) is 0 Å². The summed E-state index contributed by atoms with van der Waals surface area (Å²) in [4.78, 5) is 13.0. The van der Waals surface area contributed by atoms with E-state index in [1.165, 1.54) is 12.3 Å². The number of H-pyrrole nitrogens is 1. The smallest absolute Gasteiger partial charge is 0.199 e. The number of hydrogen-bond donors (Lipinski definition) is 1. The van der Waals surface area contributed by atoms with Crippen LogP contribution in [0.3, 0.4) is 0 Å². The fraction of sp³-hybridized carbons (Fsp3) is 0.143. The molecule has 1 rings (SSSR count). The zero-order valence-corrected chi connectivity index (χ0v) is 5.60. The highest BCUT2D eigenvalue weighted by molar-refractivity contribution is 5.15. The zero-order valence-electron chi connectivity index (χ0n) is 5.60. The van der Waals surface area contributed by atoms with Gasteiger partial charge in [-0.25, -0.2) is 0 Å². The molecule has 0 bridgehead atoms. The quantitative estimate of drug-likeness (QED) is 0.598. The van der Waals surface area contributed by atoms with Crippen molar-refractivity contribution >= 4 is 0 Å². The first kappa shape index (κ1) is 7.48. The van der Waals surface area contributed by atoms with Crippen molar-refractivity contribution in [2.24, 2.45) is 0 Å². The van der Waals surface area contributed by atoms with Crippen LogP contribution in [0.5, 0.6) is 0 Å². The molecular weight excluding hydrogens is 147 g/mol. The molecule has 0 saturated heterocycles. The van der Waals surface area contributed by atoms with Crippen LogP contribution in [0.1, 0.15) is 5.56 Å². The molecule has 0 atom stereocenters. The Labute approximate surface area is 62.1 Å². The number of aromatic amines is 1. The van der Waals surface area contributed by atoms with E-state index < -0.39 is 11.4 Å². The second-order valence-electron chi connectivity index (χ2n) is 1.97. The second-order valence-corrected chi connectivity index (χ2v) is 1.97. The first-order valence-corrected chi connectivity index (χ1v) is 2.98. The van der Waals surface area contributed by atoms with E-state index in [1.807, 2.05) is 0 Å². The van der Waals surface area contributed by atoms with Gasteiger partial charge in [0.25, 0.3) is 0 Å². The summed E-state index contributed by atoms with van der Waals surface area (Å²) in [6.45, 7) is 0. The number of nitrogens with one attached hydrogen (secondary N) is 1. The summed E-state index contributed by atoms with van der Waals surface area (Å²) in [5.74, 6) is -0.723. The maximum atomic E-state index is 12.6. The maximum Gasteiger partial charge on any atom is 0.199 e. The van der Waals surface area contributed by atoms with Crippen molar-refractivity contribution in [3.8, 4) is 6.07 Å². The molecule has 56 valence electrons. The number of halogens is 1. The van der Waals surface area contributed by atoms with E-state index in [4.69, 9.17) is 5.26 Å². The van der Waals surface area contributed by atoms with E-state index in [2.05, 4.69) is 4.98 Å². The monoisotopic (exact) mass is 152 g/mol. The molecule has 3 nitrogen and oxygen atoms in total. The lowest BCUT2D eigenvalue weighted by Crippen LogP contribution is -2.10. The summed E-state index contributed by atoms with van der Waals surface area (Å²) in [6.07, 6.45) is 1.01. The molecule has 1 aromatic rings. The van der Waals surface area contributed by atoms with E-state index in [9.17, 15) is 9.18 Å².